The Hall–Kier alpha value is -2.16. The Kier molecular flexibility index (Phi) is 11.8. The van der Waals surface area contributed by atoms with Crippen molar-refractivity contribution in [1.82, 2.24) is 5.32 Å². The van der Waals surface area contributed by atoms with Gasteiger partial charge in [-0.05, 0) is 31.7 Å². The van der Waals surface area contributed by atoms with Crippen LogP contribution in [-0.4, -0.2) is 24.7 Å². The van der Waals surface area contributed by atoms with Crippen LogP contribution >= 0.6 is 0 Å². The summed E-state index contributed by atoms with van der Waals surface area (Å²) >= 11 is 0. The van der Waals surface area contributed by atoms with Crippen LogP contribution in [0.15, 0.2) is 59.6 Å². The Morgan fingerprint density at radius 2 is 1.92 bits per heavy atom. The molecule has 1 aromatic carbocycles. The quantitative estimate of drug-likeness (QED) is 0.303. The van der Waals surface area contributed by atoms with E-state index in [4.69, 9.17) is 4.99 Å². The molecule has 26 heavy (non-hydrogen) atoms. The van der Waals surface area contributed by atoms with Gasteiger partial charge < -0.3 is 5.32 Å². The van der Waals surface area contributed by atoms with Gasteiger partial charge in [-0.3, -0.25) is 9.79 Å². The number of amides is 1. The second-order valence-corrected chi connectivity index (χ2v) is 6.39. The summed E-state index contributed by atoms with van der Waals surface area (Å²) < 4.78 is 0. The smallest absolute Gasteiger partial charge is 0.241 e. The highest BCUT2D eigenvalue weighted by Crippen LogP contribution is 2.24. The highest BCUT2D eigenvalue weighted by atomic mass is 16.1. The lowest BCUT2D eigenvalue weighted by Crippen LogP contribution is -2.26. The normalized spacial score (nSPS) is 13.4. The molecule has 0 saturated heterocycles. The van der Waals surface area contributed by atoms with Crippen LogP contribution in [0.4, 0.5) is 0 Å². The fraction of sp³-hybridized carbons (Fsp3) is 0.478. The zero-order valence-electron chi connectivity index (χ0n) is 16.6. The lowest BCUT2D eigenvalue weighted by Gasteiger charge is -2.19. The van der Waals surface area contributed by atoms with Gasteiger partial charge in [0, 0.05) is 18.2 Å². The van der Waals surface area contributed by atoms with Crippen molar-refractivity contribution in [2.75, 3.05) is 13.1 Å². The zero-order chi connectivity index (χ0) is 19.0. The molecule has 0 radical (unpaired) electrons. The molecule has 0 heterocycles. The highest BCUT2D eigenvalue weighted by molar-refractivity contribution is 5.93. The van der Waals surface area contributed by atoms with Crippen molar-refractivity contribution in [3.05, 3.63) is 60.2 Å². The first-order valence-electron chi connectivity index (χ1n) is 9.85. The first-order chi connectivity index (χ1) is 12.7. The molecule has 142 valence electrons. The maximum absolute atomic E-state index is 12.1. The summed E-state index contributed by atoms with van der Waals surface area (Å²) in [5.74, 6) is 0.279. The molecule has 3 heteroatoms. The lowest BCUT2D eigenvalue weighted by atomic mass is 9.89. The topological polar surface area (TPSA) is 41.5 Å². The van der Waals surface area contributed by atoms with Crippen molar-refractivity contribution in [3.8, 4) is 0 Å². The molecule has 3 nitrogen and oxygen atoms in total. The van der Waals surface area contributed by atoms with Gasteiger partial charge in [0.15, 0.2) is 0 Å². The van der Waals surface area contributed by atoms with Crippen LogP contribution in [0.2, 0.25) is 0 Å². The summed E-state index contributed by atoms with van der Waals surface area (Å²) in [5, 5.41) is 2.89. The molecule has 1 amide bonds. The number of benzene rings is 1. The molecule has 0 saturated carbocycles. The number of allylic oxidation sites excluding steroid dienone is 3. The molecule has 0 aliphatic carbocycles. The predicted molar refractivity (Wildman–Crippen MR) is 113 cm³/mol. The van der Waals surface area contributed by atoms with Gasteiger partial charge in [-0.2, -0.15) is 0 Å². The number of unbranched alkanes of at least 4 members (excludes halogenated alkanes) is 2. The van der Waals surface area contributed by atoms with Crippen LogP contribution in [0, 0.1) is 0 Å². The Morgan fingerprint density at radius 3 is 2.58 bits per heavy atom. The third-order valence-corrected chi connectivity index (χ3v) is 4.33. The third kappa shape index (κ3) is 8.80. The van der Waals surface area contributed by atoms with Crippen LogP contribution in [0.1, 0.15) is 64.4 Å². The first kappa shape index (κ1) is 21.9. The van der Waals surface area contributed by atoms with E-state index in [0.29, 0.717) is 12.5 Å². The second-order valence-electron chi connectivity index (χ2n) is 6.39. The van der Waals surface area contributed by atoms with E-state index in [0.717, 1.165) is 25.0 Å². The number of rotatable bonds is 12. The fourth-order valence-corrected chi connectivity index (χ4v) is 2.93. The van der Waals surface area contributed by atoms with E-state index in [2.05, 4.69) is 43.4 Å². The molecule has 0 aromatic heterocycles. The summed E-state index contributed by atoms with van der Waals surface area (Å²) in [6.45, 7) is 7.12. The summed E-state index contributed by atoms with van der Waals surface area (Å²) in [5.41, 5.74) is 2.45. The van der Waals surface area contributed by atoms with E-state index in [1.54, 1.807) is 0 Å². The molecule has 1 unspecified atom stereocenters. The van der Waals surface area contributed by atoms with Gasteiger partial charge in [-0.15, -0.1) is 0 Å². The standard InChI is InChI=1S/C23H34N2O/c1-4-7-9-14-18-24-23(26)19-25-22(17-11-8-5-2)21(6-3)20-15-12-10-13-16-20/h4,7,9-10,12-16,21H,5-6,8,11,17-19H2,1-3H3,(H,24,26)/b7-4-,14-9-,25-22?. The van der Waals surface area contributed by atoms with E-state index in [-0.39, 0.29) is 12.5 Å². The number of hydrogen-bond donors (Lipinski definition) is 1. The van der Waals surface area contributed by atoms with E-state index in [1.807, 2.05) is 37.3 Å². The minimum Gasteiger partial charge on any atom is -0.351 e. The Labute approximate surface area is 159 Å². The number of carbonyl (C=O) groups is 1. The number of carbonyl (C=O) groups excluding carboxylic acids is 1. The largest absolute Gasteiger partial charge is 0.351 e. The van der Waals surface area contributed by atoms with Crippen LogP contribution in [-0.2, 0) is 4.79 Å². The predicted octanol–water partition coefficient (Wildman–Crippen LogP) is 5.45. The summed E-state index contributed by atoms with van der Waals surface area (Å²) in [7, 11) is 0. The molecule has 0 bridgehead atoms. The molecule has 0 aliphatic heterocycles. The van der Waals surface area contributed by atoms with Gasteiger partial charge >= 0.3 is 0 Å². The summed E-state index contributed by atoms with van der Waals surface area (Å²) in [6, 6.07) is 10.5. The first-order valence-corrected chi connectivity index (χ1v) is 9.85. The van der Waals surface area contributed by atoms with Gasteiger partial charge in [0.05, 0.1) is 0 Å². The number of aliphatic imine (C=N–C) groups is 1. The molecule has 1 atom stereocenters. The van der Waals surface area contributed by atoms with E-state index >= 15 is 0 Å². The minimum absolute atomic E-state index is 0.0222. The van der Waals surface area contributed by atoms with Crippen LogP contribution in [0.3, 0.4) is 0 Å². The SMILES string of the molecule is C/C=C\C=C/CNC(=O)CN=C(CCCCC)C(CC)c1ccccc1. The number of hydrogen-bond acceptors (Lipinski definition) is 2. The van der Waals surface area contributed by atoms with E-state index < -0.39 is 0 Å². The van der Waals surface area contributed by atoms with Crippen LogP contribution < -0.4 is 5.32 Å². The Bertz CT molecular complexity index is 587. The number of nitrogens with zero attached hydrogens (tertiary/aromatic N) is 1. The number of nitrogens with one attached hydrogen (secondary N) is 1. The maximum atomic E-state index is 12.1. The van der Waals surface area contributed by atoms with Gasteiger partial charge in [0.25, 0.3) is 0 Å². The van der Waals surface area contributed by atoms with Gasteiger partial charge in [0.1, 0.15) is 6.54 Å². The molecular weight excluding hydrogens is 320 g/mol. The molecule has 0 aliphatic rings. The van der Waals surface area contributed by atoms with Crippen LogP contribution in [0.25, 0.3) is 0 Å². The average Bonchev–Trinajstić information content (AvgIpc) is 2.67. The summed E-state index contributed by atoms with van der Waals surface area (Å²) in [4.78, 5) is 16.8. The second kappa shape index (κ2) is 14.1. The molecule has 1 rings (SSSR count). The molecule has 0 fully saturated rings. The zero-order valence-corrected chi connectivity index (χ0v) is 16.6. The van der Waals surface area contributed by atoms with Gasteiger partial charge in [-0.25, -0.2) is 0 Å². The molecular formula is C23H34N2O. The molecule has 1 N–H and O–H groups in total. The maximum Gasteiger partial charge on any atom is 0.241 e. The van der Waals surface area contributed by atoms with Crippen molar-refractivity contribution >= 4 is 11.6 Å². The summed E-state index contributed by atoms with van der Waals surface area (Å²) in [6.07, 6.45) is 13.3. The lowest BCUT2D eigenvalue weighted by molar-refractivity contribution is -0.119. The van der Waals surface area contributed by atoms with Gasteiger partial charge in [0.2, 0.25) is 5.91 Å². The minimum atomic E-state index is -0.0222. The highest BCUT2D eigenvalue weighted by Gasteiger charge is 2.16. The van der Waals surface area contributed by atoms with Crippen molar-refractivity contribution < 1.29 is 4.79 Å². The molecule has 0 spiro atoms. The third-order valence-electron chi connectivity index (χ3n) is 4.33. The van der Waals surface area contributed by atoms with Crippen molar-refractivity contribution in [3.63, 3.8) is 0 Å². The monoisotopic (exact) mass is 354 g/mol. The van der Waals surface area contributed by atoms with E-state index in [9.17, 15) is 4.79 Å². The van der Waals surface area contributed by atoms with Crippen molar-refractivity contribution in [2.24, 2.45) is 4.99 Å². The van der Waals surface area contributed by atoms with Crippen molar-refractivity contribution in [2.45, 2.75) is 58.8 Å². The Morgan fingerprint density at radius 1 is 1.15 bits per heavy atom. The fourth-order valence-electron chi connectivity index (χ4n) is 2.93. The van der Waals surface area contributed by atoms with Gasteiger partial charge in [-0.1, -0.05) is 81.3 Å². The average molecular weight is 355 g/mol. The Balaban J connectivity index is 2.74. The van der Waals surface area contributed by atoms with Crippen LogP contribution in [0.5, 0.6) is 0 Å². The molecule has 1 aromatic rings. The van der Waals surface area contributed by atoms with Crippen molar-refractivity contribution in [1.29, 1.82) is 0 Å². The van der Waals surface area contributed by atoms with E-state index in [1.165, 1.54) is 18.4 Å².